The Kier molecular flexibility index (Phi) is 6.12. The lowest BCUT2D eigenvalue weighted by atomic mass is 10.1. The lowest BCUT2D eigenvalue weighted by Crippen LogP contribution is -2.43. The maximum atomic E-state index is 12.2. The summed E-state index contributed by atoms with van der Waals surface area (Å²) in [6.45, 7) is 0. The number of nitrogens with zero attached hydrogens (tertiary/aromatic N) is 1. The molecular formula is C16H14BrClN2O3. The van der Waals surface area contributed by atoms with Crippen molar-refractivity contribution < 1.29 is 14.3 Å². The Hall–Kier alpha value is -1.92. The molecule has 1 N–H and O–H groups in total. The van der Waals surface area contributed by atoms with Crippen LogP contribution in [0.15, 0.2) is 47.2 Å². The topological polar surface area (TPSA) is 68.3 Å². The van der Waals surface area contributed by atoms with Crippen molar-refractivity contribution in [2.75, 3.05) is 7.11 Å². The van der Waals surface area contributed by atoms with E-state index in [0.29, 0.717) is 10.6 Å². The van der Waals surface area contributed by atoms with Crippen LogP contribution < -0.4 is 5.32 Å². The van der Waals surface area contributed by atoms with E-state index in [1.54, 1.807) is 36.5 Å². The number of methoxy groups -OCH3 is 1. The van der Waals surface area contributed by atoms with Crippen molar-refractivity contribution >= 4 is 39.4 Å². The van der Waals surface area contributed by atoms with E-state index in [2.05, 4.69) is 26.2 Å². The number of ether oxygens (including phenoxy) is 1. The number of aromatic nitrogens is 1. The van der Waals surface area contributed by atoms with Gasteiger partial charge >= 0.3 is 5.97 Å². The van der Waals surface area contributed by atoms with Crippen molar-refractivity contribution in [1.82, 2.24) is 10.3 Å². The number of carbonyl (C=O) groups excluding carboxylic acids is 2. The number of nitrogens with one attached hydrogen (secondary N) is 1. The van der Waals surface area contributed by atoms with Crippen molar-refractivity contribution in [2.24, 2.45) is 0 Å². The molecule has 7 heteroatoms. The molecule has 2 rings (SSSR count). The van der Waals surface area contributed by atoms with Crippen LogP contribution in [-0.4, -0.2) is 30.0 Å². The van der Waals surface area contributed by atoms with Crippen LogP contribution >= 0.6 is 27.5 Å². The molecule has 0 saturated heterocycles. The molecule has 0 unspecified atom stereocenters. The number of carbonyl (C=O) groups is 2. The average molecular weight is 398 g/mol. The van der Waals surface area contributed by atoms with Crippen LogP contribution in [0.5, 0.6) is 0 Å². The first-order valence-corrected chi connectivity index (χ1v) is 7.91. The number of hydrogen-bond donors (Lipinski definition) is 1. The second kappa shape index (κ2) is 8.08. The van der Waals surface area contributed by atoms with Crippen LogP contribution in [0.3, 0.4) is 0 Å². The Bertz CT molecular complexity index is 710. The number of halogens is 2. The molecule has 1 aromatic heterocycles. The Balaban J connectivity index is 2.19. The van der Waals surface area contributed by atoms with Gasteiger partial charge in [0, 0.05) is 28.3 Å². The molecule has 5 nitrogen and oxygen atoms in total. The van der Waals surface area contributed by atoms with Crippen molar-refractivity contribution in [3.05, 3.63) is 63.3 Å². The average Bonchev–Trinajstić information content (AvgIpc) is 2.57. The summed E-state index contributed by atoms with van der Waals surface area (Å²) in [6, 6.07) is 7.69. The van der Waals surface area contributed by atoms with Crippen LogP contribution in [0.25, 0.3) is 0 Å². The predicted octanol–water partition coefficient (Wildman–Crippen LogP) is 3.01. The minimum Gasteiger partial charge on any atom is -0.467 e. The summed E-state index contributed by atoms with van der Waals surface area (Å²) in [5, 5.41) is 3.21. The van der Waals surface area contributed by atoms with Gasteiger partial charge < -0.3 is 10.1 Å². The Morgan fingerprint density at radius 2 is 2.17 bits per heavy atom. The van der Waals surface area contributed by atoms with Gasteiger partial charge in [0.2, 0.25) is 0 Å². The zero-order valence-electron chi connectivity index (χ0n) is 12.3. The highest BCUT2D eigenvalue weighted by molar-refractivity contribution is 9.10. The van der Waals surface area contributed by atoms with Gasteiger partial charge in [-0.05, 0) is 35.9 Å². The van der Waals surface area contributed by atoms with Gasteiger partial charge in [-0.15, -0.1) is 0 Å². The van der Waals surface area contributed by atoms with E-state index in [1.807, 2.05) is 0 Å². The maximum Gasteiger partial charge on any atom is 0.328 e. The quantitative estimate of drug-likeness (QED) is 0.788. The molecule has 0 bridgehead atoms. The second-order valence-electron chi connectivity index (χ2n) is 4.73. The molecule has 0 radical (unpaired) electrons. The molecular weight excluding hydrogens is 384 g/mol. The van der Waals surface area contributed by atoms with E-state index in [9.17, 15) is 9.59 Å². The Morgan fingerprint density at radius 3 is 2.83 bits per heavy atom. The lowest BCUT2D eigenvalue weighted by molar-refractivity contribution is -0.142. The molecule has 23 heavy (non-hydrogen) atoms. The van der Waals surface area contributed by atoms with Crippen molar-refractivity contribution in [1.29, 1.82) is 0 Å². The first kappa shape index (κ1) is 17.4. The SMILES string of the molecule is COC(=O)[C@@H](Cc1cc(Cl)ccc1Br)NC(=O)c1cccnc1. The molecule has 1 amide bonds. The van der Waals surface area contributed by atoms with E-state index < -0.39 is 17.9 Å². The van der Waals surface area contributed by atoms with Crippen molar-refractivity contribution in [2.45, 2.75) is 12.5 Å². The highest BCUT2D eigenvalue weighted by atomic mass is 79.9. The third-order valence-electron chi connectivity index (χ3n) is 3.15. The number of pyridine rings is 1. The molecule has 1 heterocycles. The van der Waals surface area contributed by atoms with Gasteiger partial charge in [0.1, 0.15) is 6.04 Å². The lowest BCUT2D eigenvalue weighted by Gasteiger charge is -2.17. The third kappa shape index (κ3) is 4.77. The summed E-state index contributed by atoms with van der Waals surface area (Å²) in [4.78, 5) is 28.1. The smallest absolute Gasteiger partial charge is 0.328 e. The van der Waals surface area contributed by atoms with Crippen LogP contribution in [-0.2, 0) is 16.0 Å². The number of rotatable bonds is 5. The number of benzene rings is 1. The Labute approximate surface area is 147 Å². The molecule has 0 aliphatic rings. The van der Waals surface area contributed by atoms with Gasteiger partial charge in [-0.1, -0.05) is 27.5 Å². The summed E-state index contributed by atoms with van der Waals surface area (Å²) >= 11 is 9.39. The minimum atomic E-state index is -0.831. The largest absolute Gasteiger partial charge is 0.467 e. The van der Waals surface area contributed by atoms with Gasteiger partial charge in [-0.25, -0.2) is 4.79 Å². The monoisotopic (exact) mass is 396 g/mol. The van der Waals surface area contributed by atoms with E-state index in [0.717, 1.165) is 10.0 Å². The molecule has 1 aromatic carbocycles. The fourth-order valence-electron chi connectivity index (χ4n) is 1.99. The number of hydrogen-bond acceptors (Lipinski definition) is 4. The summed E-state index contributed by atoms with van der Waals surface area (Å²) in [5.41, 5.74) is 1.16. The molecule has 0 aliphatic carbocycles. The van der Waals surface area contributed by atoms with E-state index in [4.69, 9.17) is 16.3 Å². The molecule has 2 aromatic rings. The van der Waals surface area contributed by atoms with Gasteiger partial charge in [0.25, 0.3) is 5.91 Å². The maximum absolute atomic E-state index is 12.2. The molecule has 120 valence electrons. The fraction of sp³-hybridized carbons (Fsp3) is 0.188. The predicted molar refractivity (Wildman–Crippen MR) is 90.4 cm³/mol. The van der Waals surface area contributed by atoms with Crippen LogP contribution in [0.2, 0.25) is 5.02 Å². The van der Waals surface area contributed by atoms with Gasteiger partial charge in [0.05, 0.1) is 12.7 Å². The van der Waals surface area contributed by atoms with Gasteiger partial charge in [-0.3, -0.25) is 9.78 Å². The van der Waals surface area contributed by atoms with Gasteiger partial charge in [-0.2, -0.15) is 0 Å². The van der Waals surface area contributed by atoms with Crippen LogP contribution in [0.1, 0.15) is 15.9 Å². The Morgan fingerprint density at radius 1 is 1.39 bits per heavy atom. The first-order valence-electron chi connectivity index (χ1n) is 6.74. The molecule has 1 atom stereocenters. The standard InChI is InChI=1S/C16H14BrClN2O3/c1-23-16(22)14(8-11-7-12(18)4-5-13(11)17)20-15(21)10-3-2-6-19-9-10/h2-7,9,14H,8H2,1H3,(H,20,21)/t14-/m1/s1. The normalized spacial score (nSPS) is 11.6. The summed E-state index contributed by atoms with van der Waals surface area (Å²) in [6.07, 6.45) is 3.25. The zero-order valence-corrected chi connectivity index (χ0v) is 14.6. The highest BCUT2D eigenvalue weighted by Gasteiger charge is 2.23. The summed E-state index contributed by atoms with van der Waals surface area (Å²) in [7, 11) is 1.28. The fourth-order valence-corrected chi connectivity index (χ4v) is 2.60. The van der Waals surface area contributed by atoms with E-state index >= 15 is 0 Å². The van der Waals surface area contributed by atoms with E-state index in [1.165, 1.54) is 13.3 Å². The number of amides is 1. The third-order valence-corrected chi connectivity index (χ3v) is 4.16. The highest BCUT2D eigenvalue weighted by Crippen LogP contribution is 2.22. The molecule has 0 saturated carbocycles. The van der Waals surface area contributed by atoms with Crippen LogP contribution in [0.4, 0.5) is 0 Å². The molecule has 0 spiro atoms. The molecule has 0 fully saturated rings. The summed E-state index contributed by atoms with van der Waals surface area (Å²) in [5.74, 6) is -0.930. The summed E-state index contributed by atoms with van der Waals surface area (Å²) < 4.78 is 5.57. The molecule has 0 aliphatic heterocycles. The van der Waals surface area contributed by atoms with Crippen LogP contribution in [0, 0.1) is 0 Å². The minimum absolute atomic E-state index is 0.250. The van der Waals surface area contributed by atoms with Crippen molar-refractivity contribution in [3.63, 3.8) is 0 Å². The van der Waals surface area contributed by atoms with E-state index in [-0.39, 0.29) is 6.42 Å². The van der Waals surface area contributed by atoms with Gasteiger partial charge in [0.15, 0.2) is 0 Å². The zero-order chi connectivity index (χ0) is 16.8. The first-order chi connectivity index (χ1) is 11.0. The number of esters is 1. The van der Waals surface area contributed by atoms with Crippen molar-refractivity contribution in [3.8, 4) is 0 Å². The second-order valence-corrected chi connectivity index (χ2v) is 6.02.